The van der Waals surface area contributed by atoms with Gasteiger partial charge in [-0.25, -0.2) is 4.39 Å². The van der Waals surface area contributed by atoms with Crippen LogP contribution in [0.4, 0.5) is 14.5 Å². The summed E-state index contributed by atoms with van der Waals surface area (Å²) in [7, 11) is 1.78. The summed E-state index contributed by atoms with van der Waals surface area (Å²) in [4.78, 5) is 9.54. The molecule has 0 radical (unpaired) electrons. The second-order valence-electron chi connectivity index (χ2n) is 4.70. The van der Waals surface area contributed by atoms with E-state index in [0.29, 0.717) is 25.2 Å². The largest absolute Gasteiger partial charge is 0.484 e. The second-order valence-corrected chi connectivity index (χ2v) is 4.70. The van der Waals surface area contributed by atoms with Crippen LogP contribution in [0.25, 0.3) is 0 Å². The number of benzene rings is 1. The standard InChI is InChI=1S/C13H16F2N2O4/c1-3-20-13-9(16-2)6-12(13)21-11-5-7(14)10(17(18)19)4-8(11)15/h4-5,9,12-13,16H,3,6H2,1-2H3. The van der Waals surface area contributed by atoms with E-state index in [1.165, 1.54) is 0 Å². The SMILES string of the molecule is CCOC1C(NC)CC1Oc1cc(F)c([N+](=O)[O-])cc1F. The maximum Gasteiger partial charge on any atom is 0.307 e. The Hall–Kier alpha value is -1.80. The summed E-state index contributed by atoms with van der Waals surface area (Å²) < 4.78 is 38.1. The molecular weight excluding hydrogens is 286 g/mol. The third kappa shape index (κ3) is 3.11. The average molecular weight is 302 g/mol. The van der Waals surface area contributed by atoms with Crippen molar-refractivity contribution >= 4 is 5.69 Å². The molecular formula is C13H16F2N2O4. The smallest absolute Gasteiger partial charge is 0.307 e. The van der Waals surface area contributed by atoms with E-state index in [1.807, 2.05) is 6.92 Å². The van der Waals surface area contributed by atoms with Crippen LogP contribution in [0.5, 0.6) is 5.75 Å². The van der Waals surface area contributed by atoms with Crippen LogP contribution in [-0.4, -0.2) is 36.8 Å². The lowest BCUT2D eigenvalue weighted by Gasteiger charge is -2.43. The molecule has 3 atom stereocenters. The minimum Gasteiger partial charge on any atom is -0.484 e. The third-order valence-electron chi connectivity index (χ3n) is 3.46. The summed E-state index contributed by atoms with van der Waals surface area (Å²) >= 11 is 0. The highest BCUT2D eigenvalue weighted by Crippen LogP contribution is 2.32. The predicted molar refractivity (Wildman–Crippen MR) is 70.3 cm³/mol. The molecule has 3 unspecified atom stereocenters. The Morgan fingerprint density at radius 2 is 2.14 bits per heavy atom. The number of nitrogens with one attached hydrogen (secondary N) is 1. The summed E-state index contributed by atoms with van der Waals surface area (Å²) in [5.74, 6) is -2.44. The van der Waals surface area contributed by atoms with Crippen LogP contribution in [0.2, 0.25) is 0 Å². The fourth-order valence-electron chi connectivity index (χ4n) is 2.31. The first-order chi connectivity index (χ1) is 9.97. The van der Waals surface area contributed by atoms with E-state index in [2.05, 4.69) is 5.32 Å². The van der Waals surface area contributed by atoms with Gasteiger partial charge in [0, 0.05) is 25.1 Å². The van der Waals surface area contributed by atoms with Crippen molar-refractivity contribution in [1.82, 2.24) is 5.32 Å². The number of halogens is 2. The van der Waals surface area contributed by atoms with Crippen molar-refractivity contribution in [3.05, 3.63) is 33.9 Å². The van der Waals surface area contributed by atoms with Crippen molar-refractivity contribution in [1.29, 1.82) is 0 Å². The summed E-state index contributed by atoms with van der Waals surface area (Å²) in [5.41, 5.74) is -0.914. The molecule has 0 bridgehead atoms. The highest BCUT2D eigenvalue weighted by Gasteiger charge is 2.43. The number of rotatable bonds is 6. The zero-order valence-electron chi connectivity index (χ0n) is 11.6. The highest BCUT2D eigenvalue weighted by atomic mass is 19.1. The fraction of sp³-hybridized carbons (Fsp3) is 0.538. The van der Waals surface area contributed by atoms with Gasteiger partial charge in [0.05, 0.1) is 11.0 Å². The first-order valence-electron chi connectivity index (χ1n) is 6.56. The number of ether oxygens (including phenoxy) is 2. The van der Waals surface area contributed by atoms with E-state index in [0.717, 1.165) is 0 Å². The van der Waals surface area contributed by atoms with Gasteiger partial charge in [-0.2, -0.15) is 4.39 Å². The first-order valence-corrected chi connectivity index (χ1v) is 6.56. The van der Waals surface area contributed by atoms with Crippen molar-refractivity contribution in [3.63, 3.8) is 0 Å². The molecule has 1 fully saturated rings. The number of hydrogen-bond donors (Lipinski definition) is 1. The van der Waals surface area contributed by atoms with Crippen LogP contribution in [-0.2, 0) is 4.74 Å². The lowest BCUT2D eigenvalue weighted by molar-refractivity contribution is -0.387. The molecule has 1 saturated carbocycles. The molecule has 0 amide bonds. The van der Waals surface area contributed by atoms with E-state index in [9.17, 15) is 18.9 Å². The van der Waals surface area contributed by atoms with Gasteiger partial charge in [-0.3, -0.25) is 10.1 Å². The minimum atomic E-state index is -1.13. The van der Waals surface area contributed by atoms with Gasteiger partial charge in [-0.05, 0) is 14.0 Å². The van der Waals surface area contributed by atoms with Gasteiger partial charge in [-0.15, -0.1) is 0 Å². The number of likely N-dealkylation sites (N-methyl/N-ethyl adjacent to an activating group) is 1. The molecule has 1 aromatic carbocycles. The molecule has 0 aliphatic heterocycles. The monoisotopic (exact) mass is 302 g/mol. The molecule has 0 saturated heterocycles. The molecule has 1 aliphatic carbocycles. The molecule has 0 heterocycles. The topological polar surface area (TPSA) is 73.6 Å². The second kappa shape index (κ2) is 6.31. The molecule has 0 spiro atoms. The summed E-state index contributed by atoms with van der Waals surface area (Å²) in [5, 5.41) is 13.6. The first kappa shape index (κ1) is 15.6. The maximum atomic E-state index is 13.8. The average Bonchev–Trinajstić information content (AvgIpc) is 2.43. The van der Waals surface area contributed by atoms with Gasteiger partial charge in [0.25, 0.3) is 0 Å². The summed E-state index contributed by atoms with van der Waals surface area (Å²) in [6, 6.07) is 1.30. The number of hydrogen-bond acceptors (Lipinski definition) is 5. The Kier molecular flexibility index (Phi) is 4.69. The van der Waals surface area contributed by atoms with Gasteiger partial charge < -0.3 is 14.8 Å². The molecule has 1 aromatic rings. The molecule has 116 valence electrons. The summed E-state index contributed by atoms with van der Waals surface area (Å²) in [6.07, 6.45) is -0.102. The van der Waals surface area contributed by atoms with Crippen molar-refractivity contribution in [2.75, 3.05) is 13.7 Å². The Balaban J connectivity index is 2.13. The number of nitro benzene ring substituents is 1. The van der Waals surface area contributed by atoms with E-state index in [-0.39, 0.29) is 17.9 Å². The van der Waals surface area contributed by atoms with E-state index in [4.69, 9.17) is 9.47 Å². The van der Waals surface area contributed by atoms with Crippen LogP contribution >= 0.6 is 0 Å². The zero-order valence-corrected chi connectivity index (χ0v) is 11.6. The van der Waals surface area contributed by atoms with Gasteiger partial charge in [0.2, 0.25) is 5.82 Å². The van der Waals surface area contributed by atoms with Gasteiger partial charge >= 0.3 is 5.69 Å². The van der Waals surface area contributed by atoms with Gasteiger partial charge in [0.15, 0.2) is 11.6 Å². The quantitative estimate of drug-likeness (QED) is 0.643. The Labute approximate surface area is 120 Å². The van der Waals surface area contributed by atoms with E-state index < -0.39 is 28.3 Å². The maximum absolute atomic E-state index is 13.8. The van der Waals surface area contributed by atoms with Crippen LogP contribution < -0.4 is 10.1 Å². The molecule has 2 rings (SSSR count). The van der Waals surface area contributed by atoms with Crippen molar-refractivity contribution in [3.8, 4) is 5.75 Å². The number of nitrogens with zero attached hydrogens (tertiary/aromatic N) is 1. The van der Waals surface area contributed by atoms with Crippen LogP contribution in [0.15, 0.2) is 12.1 Å². The van der Waals surface area contributed by atoms with Crippen LogP contribution in [0.3, 0.4) is 0 Å². The molecule has 8 heteroatoms. The van der Waals surface area contributed by atoms with Gasteiger partial charge in [-0.1, -0.05) is 0 Å². The van der Waals surface area contributed by atoms with Crippen molar-refractivity contribution in [2.24, 2.45) is 0 Å². The highest BCUT2D eigenvalue weighted by molar-refractivity contribution is 5.39. The van der Waals surface area contributed by atoms with E-state index >= 15 is 0 Å². The van der Waals surface area contributed by atoms with Crippen molar-refractivity contribution in [2.45, 2.75) is 31.6 Å². The Morgan fingerprint density at radius 1 is 1.43 bits per heavy atom. The van der Waals surface area contributed by atoms with E-state index in [1.54, 1.807) is 7.05 Å². The molecule has 1 aliphatic rings. The third-order valence-corrected chi connectivity index (χ3v) is 3.46. The van der Waals surface area contributed by atoms with Crippen molar-refractivity contribution < 1.29 is 23.2 Å². The molecule has 1 N–H and O–H groups in total. The minimum absolute atomic E-state index is 0.0842. The van der Waals surface area contributed by atoms with Crippen LogP contribution in [0, 0.1) is 21.7 Å². The molecule has 0 aromatic heterocycles. The summed E-state index contributed by atoms with van der Waals surface area (Å²) in [6.45, 7) is 2.30. The van der Waals surface area contributed by atoms with Gasteiger partial charge in [0.1, 0.15) is 12.2 Å². The predicted octanol–water partition coefficient (Wildman–Crippen LogP) is 2.02. The number of nitro groups is 1. The molecule has 21 heavy (non-hydrogen) atoms. The zero-order chi connectivity index (χ0) is 15.6. The molecule has 6 nitrogen and oxygen atoms in total. The fourth-order valence-corrected chi connectivity index (χ4v) is 2.31. The Morgan fingerprint density at radius 3 is 2.71 bits per heavy atom. The normalized spacial score (nSPS) is 24.5. The lowest BCUT2D eigenvalue weighted by atomic mass is 9.85. The lowest BCUT2D eigenvalue weighted by Crippen LogP contribution is -2.60. The Bertz CT molecular complexity index is 541. The van der Waals surface area contributed by atoms with Crippen LogP contribution in [0.1, 0.15) is 13.3 Å².